The molecule has 7 nitrogen and oxygen atoms in total. The average molecular weight is 510 g/mol. The highest BCUT2D eigenvalue weighted by atomic mass is 35.5. The zero-order valence-electron chi connectivity index (χ0n) is 19.9. The van der Waals surface area contributed by atoms with Gasteiger partial charge in [-0.15, -0.1) is 0 Å². The lowest BCUT2D eigenvalue weighted by Gasteiger charge is -2.24. The number of rotatable bonds is 10. The van der Waals surface area contributed by atoms with Crippen LogP contribution in [0.4, 0.5) is 5.69 Å². The van der Waals surface area contributed by atoms with E-state index in [1.807, 2.05) is 24.1 Å². The SMILES string of the molecule is COc1cc2c(cc1OC)CC(=O)N(CCCN(C)CC(O)Cc1cc(Cl)c(N)c(Cl)c1)CC2. The highest BCUT2D eigenvalue weighted by Gasteiger charge is 2.22. The number of aliphatic hydroxyl groups excluding tert-OH is 1. The summed E-state index contributed by atoms with van der Waals surface area (Å²) in [6.07, 6.45) is 1.82. The number of nitrogens with two attached hydrogens (primary N) is 1. The Morgan fingerprint density at radius 1 is 1.12 bits per heavy atom. The molecule has 1 heterocycles. The summed E-state index contributed by atoms with van der Waals surface area (Å²) >= 11 is 12.2. The number of hydrogen-bond acceptors (Lipinski definition) is 6. The Bertz CT molecular complexity index is 995. The van der Waals surface area contributed by atoms with Crippen LogP contribution in [0.2, 0.25) is 10.0 Å². The number of anilines is 1. The van der Waals surface area contributed by atoms with E-state index in [2.05, 4.69) is 4.90 Å². The van der Waals surface area contributed by atoms with E-state index < -0.39 is 6.10 Å². The Morgan fingerprint density at radius 2 is 1.74 bits per heavy atom. The molecule has 34 heavy (non-hydrogen) atoms. The molecular formula is C25H33Cl2N3O4. The molecule has 0 radical (unpaired) electrons. The van der Waals surface area contributed by atoms with Crippen LogP contribution >= 0.6 is 23.2 Å². The zero-order chi connectivity index (χ0) is 24.8. The van der Waals surface area contributed by atoms with Gasteiger partial charge in [-0.25, -0.2) is 0 Å². The van der Waals surface area contributed by atoms with Crippen LogP contribution in [0, 0.1) is 0 Å². The summed E-state index contributed by atoms with van der Waals surface area (Å²) in [7, 11) is 5.18. The smallest absolute Gasteiger partial charge is 0.227 e. The van der Waals surface area contributed by atoms with Gasteiger partial charge in [0.05, 0.1) is 42.5 Å². The van der Waals surface area contributed by atoms with Crippen molar-refractivity contribution in [3.8, 4) is 11.5 Å². The summed E-state index contributed by atoms with van der Waals surface area (Å²) in [4.78, 5) is 16.8. The fourth-order valence-electron chi connectivity index (χ4n) is 4.33. The number of aliphatic hydroxyl groups is 1. The molecule has 0 aromatic heterocycles. The average Bonchev–Trinajstić information content (AvgIpc) is 2.94. The number of amides is 1. The Kier molecular flexibility index (Phi) is 9.31. The molecule has 0 saturated carbocycles. The quantitative estimate of drug-likeness (QED) is 0.477. The van der Waals surface area contributed by atoms with Gasteiger partial charge in [0.1, 0.15) is 0 Å². The van der Waals surface area contributed by atoms with Crippen molar-refractivity contribution in [2.24, 2.45) is 0 Å². The molecule has 1 amide bonds. The van der Waals surface area contributed by atoms with Gasteiger partial charge in [0, 0.05) is 19.6 Å². The van der Waals surface area contributed by atoms with E-state index in [9.17, 15) is 9.90 Å². The van der Waals surface area contributed by atoms with E-state index in [4.69, 9.17) is 38.4 Å². The molecule has 2 aromatic carbocycles. The standard InChI is InChI=1S/C25H33Cl2N3O4/c1-29(15-19(31)9-16-10-20(26)25(28)21(27)11-16)6-4-7-30-8-5-17-12-22(33-2)23(34-3)13-18(17)14-24(30)32/h10-13,19,31H,4-9,14-15,28H2,1-3H3. The second-order valence-corrected chi connectivity index (χ2v) is 9.54. The topological polar surface area (TPSA) is 88.3 Å². The lowest BCUT2D eigenvalue weighted by atomic mass is 10.0. The molecule has 1 aliphatic rings. The second-order valence-electron chi connectivity index (χ2n) is 8.73. The number of nitrogens with zero attached hydrogens (tertiary/aromatic N) is 2. The molecule has 186 valence electrons. The maximum Gasteiger partial charge on any atom is 0.227 e. The fraction of sp³-hybridized carbons (Fsp3) is 0.480. The van der Waals surface area contributed by atoms with Gasteiger partial charge >= 0.3 is 0 Å². The van der Waals surface area contributed by atoms with E-state index in [1.165, 1.54) is 0 Å². The number of carbonyl (C=O) groups excluding carboxylic acids is 1. The number of fused-ring (bicyclic) bond motifs is 1. The monoisotopic (exact) mass is 509 g/mol. The number of carbonyl (C=O) groups is 1. The van der Waals surface area contributed by atoms with Crippen LogP contribution in [-0.2, 0) is 24.1 Å². The van der Waals surface area contributed by atoms with Crippen molar-refractivity contribution in [1.82, 2.24) is 9.80 Å². The van der Waals surface area contributed by atoms with Crippen LogP contribution in [0.5, 0.6) is 11.5 Å². The Balaban J connectivity index is 1.47. The molecule has 0 bridgehead atoms. The molecule has 0 fully saturated rings. The first-order valence-electron chi connectivity index (χ1n) is 11.3. The van der Waals surface area contributed by atoms with Crippen molar-refractivity contribution in [3.63, 3.8) is 0 Å². The van der Waals surface area contributed by atoms with Crippen molar-refractivity contribution in [2.45, 2.75) is 31.8 Å². The molecule has 2 aromatic rings. The Labute approximate surface area is 211 Å². The van der Waals surface area contributed by atoms with Gasteiger partial charge in [-0.1, -0.05) is 23.2 Å². The molecule has 0 aliphatic carbocycles. The third-order valence-corrected chi connectivity index (χ3v) is 6.78. The summed E-state index contributed by atoms with van der Waals surface area (Å²) in [6, 6.07) is 7.36. The number of halogens is 2. The Morgan fingerprint density at radius 3 is 2.35 bits per heavy atom. The minimum absolute atomic E-state index is 0.116. The van der Waals surface area contributed by atoms with Crippen molar-refractivity contribution in [2.75, 3.05) is 53.2 Å². The maximum absolute atomic E-state index is 12.8. The minimum atomic E-state index is -0.569. The highest BCUT2D eigenvalue weighted by Crippen LogP contribution is 2.32. The van der Waals surface area contributed by atoms with Crippen molar-refractivity contribution < 1.29 is 19.4 Å². The normalized spacial score (nSPS) is 14.7. The van der Waals surface area contributed by atoms with E-state index in [0.717, 1.165) is 36.1 Å². The van der Waals surface area contributed by atoms with E-state index in [0.29, 0.717) is 59.7 Å². The first kappa shape index (κ1) is 26.4. The molecule has 0 spiro atoms. The van der Waals surface area contributed by atoms with Gasteiger partial charge in [-0.05, 0) is 73.8 Å². The van der Waals surface area contributed by atoms with Gasteiger partial charge in [0.15, 0.2) is 11.5 Å². The maximum atomic E-state index is 12.8. The van der Waals surface area contributed by atoms with E-state index in [-0.39, 0.29) is 5.91 Å². The highest BCUT2D eigenvalue weighted by molar-refractivity contribution is 6.38. The number of methoxy groups -OCH3 is 2. The lowest BCUT2D eigenvalue weighted by molar-refractivity contribution is -0.130. The molecule has 1 atom stereocenters. The first-order chi connectivity index (χ1) is 16.2. The van der Waals surface area contributed by atoms with Gasteiger partial charge in [0.2, 0.25) is 5.91 Å². The molecule has 0 saturated heterocycles. The first-order valence-corrected chi connectivity index (χ1v) is 12.1. The lowest BCUT2D eigenvalue weighted by Crippen LogP contribution is -2.36. The van der Waals surface area contributed by atoms with Crippen molar-refractivity contribution in [3.05, 3.63) is 51.0 Å². The summed E-state index contributed by atoms with van der Waals surface area (Å²) < 4.78 is 10.8. The summed E-state index contributed by atoms with van der Waals surface area (Å²) in [5.41, 5.74) is 9.08. The van der Waals surface area contributed by atoms with Crippen LogP contribution in [0.15, 0.2) is 24.3 Å². The zero-order valence-corrected chi connectivity index (χ0v) is 21.5. The van der Waals surface area contributed by atoms with Crippen LogP contribution in [0.3, 0.4) is 0 Å². The summed E-state index contributed by atoms with van der Waals surface area (Å²) in [6.45, 7) is 2.61. The van der Waals surface area contributed by atoms with Gasteiger partial charge < -0.3 is 30.1 Å². The number of benzene rings is 2. The predicted molar refractivity (Wildman–Crippen MR) is 136 cm³/mol. The molecule has 3 N–H and O–H groups in total. The fourth-order valence-corrected chi connectivity index (χ4v) is 4.86. The molecule has 3 rings (SSSR count). The number of nitrogen functional groups attached to an aromatic ring is 1. The molecular weight excluding hydrogens is 477 g/mol. The molecule has 1 aliphatic heterocycles. The van der Waals surface area contributed by atoms with Gasteiger partial charge in [-0.3, -0.25) is 4.79 Å². The Hall–Kier alpha value is -2.19. The van der Waals surface area contributed by atoms with Gasteiger partial charge in [-0.2, -0.15) is 0 Å². The van der Waals surface area contributed by atoms with Crippen molar-refractivity contribution >= 4 is 34.8 Å². The van der Waals surface area contributed by atoms with Gasteiger partial charge in [0.25, 0.3) is 0 Å². The van der Waals surface area contributed by atoms with E-state index >= 15 is 0 Å². The predicted octanol–water partition coefficient (Wildman–Crippen LogP) is 3.45. The number of likely N-dealkylation sites (N-methyl/N-ethyl adjacent to an activating group) is 1. The van der Waals surface area contributed by atoms with Crippen LogP contribution < -0.4 is 15.2 Å². The van der Waals surface area contributed by atoms with Crippen molar-refractivity contribution in [1.29, 1.82) is 0 Å². The largest absolute Gasteiger partial charge is 0.493 e. The number of hydrogen-bond donors (Lipinski definition) is 2. The third kappa shape index (κ3) is 6.69. The summed E-state index contributed by atoms with van der Waals surface area (Å²) in [5, 5.41) is 11.3. The van der Waals surface area contributed by atoms with Crippen LogP contribution in [0.25, 0.3) is 0 Å². The minimum Gasteiger partial charge on any atom is -0.493 e. The summed E-state index contributed by atoms with van der Waals surface area (Å²) in [5.74, 6) is 1.45. The second kappa shape index (κ2) is 12.0. The van der Waals surface area contributed by atoms with E-state index in [1.54, 1.807) is 26.4 Å². The molecule has 1 unspecified atom stereocenters. The third-order valence-electron chi connectivity index (χ3n) is 6.15. The van der Waals surface area contributed by atoms with Crippen LogP contribution in [-0.4, -0.2) is 74.4 Å². The number of ether oxygens (including phenoxy) is 2. The van der Waals surface area contributed by atoms with Crippen LogP contribution in [0.1, 0.15) is 23.1 Å². The molecule has 9 heteroatoms.